The summed E-state index contributed by atoms with van der Waals surface area (Å²) in [6, 6.07) is -0.0798. The first-order chi connectivity index (χ1) is 11.0. The van der Waals surface area contributed by atoms with Gasteiger partial charge in [-0.1, -0.05) is 0 Å². The van der Waals surface area contributed by atoms with Gasteiger partial charge in [-0.2, -0.15) is 13.2 Å². The number of rotatable bonds is 3. The number of ether oxygens (including phenoxy) is 1. The number of carbonyl (C=O) groups is 3. The van der Waals surface area contributed by atoms with Crippen LogP contribution >= 0.6 is 0 Å². The van der Waals surface area contributed by atoms with Crippen molar-refractivity contribution in [2.24, 2.45) is 0 Å². The molecule has 0 saturated carbocycles. The van der Waals surface area contributed by atoms with Crippen molar-refractivity contribution in [1.29, 1.82) is 0 Å². The van der Waals surface area contributed by atoms with Crippen LogP contribution in [-0.2, 0) is 14.3 Å². The number of carbonyl (C=O) groups excluding carboxylic acids is 3. The second kappa shape index (κ2) is 6.48. The maximum absolute atomic E-state index is 12.1. The molecule has 2 saturated heterocycles. The van der Waals surface area contributed by atoms with Gasteiger partial charge in [-0.3, -0.25) is 14.5 Å². The van der Waals surface area contributed by atoms with E-state index in [4.69, 9.17) is 4.74 Å². The van der Waals surface area contributed by atoms with Gasteiger partial charge in [0.05, 0.1) is 12.1 Å². The van der Waals surface area contributed by atoms with Crippen LogP contribution in [0.15, 0.2) is 0 Å². The van der Waals surface area contributed by atoms with E-state index in [9.17, 15) is 27.6 Å². The summed E-state index contributed by atoms with van der Waals surface area (Å²) in [5.74, 6) is -2.71. The molecule has 2 heterocycles. The van der Waals surface area contributed by atoms with Crippen molar-refractivity contribution in [3.8, 4) is 0 Å². The van der Waals surface area contributed by atoms with Crippen LogP contribution in [0.25, 0.3) is 0 Å². The third-order valence-electron chi connectivity index (χ3n) is 4.24. The van der Waals surface area contributed by atoms with Gasteiger partial charge in [0.1, 0.15) is 6.61 Å². The van der Waals surface area contributed by atoms with Gasteiger partial charge in [0.2, 0.25) is 5.91 Å². The zero-order valence-electron chi connectivity index (χ0n) is 13.5. The Kier molecular flexibility index (Phi) is 4.95. The van der Waals surface area contributed by atoms with Crippen molar-refractivity contribution in [2.45, 2.75) is 44.4 Å². The van der Waals surface area contributed by atoms with Gasteiger partial charge >= 0.3 is 18.2 Å². The van der Waals surface area contributed by atoms with Crippen LogP contribution in [0.2, 0.25) is 0 Å². The Morgan fingerprint density at radius 3 is 2.33 bits per heavy atom. The predicted molar refractivity (Wildman–Crippen MR) is 75.9 cm³/mol. The lowest BCUT2D eigenvalue weighted by molar-refractivity contribution is -0.174. The first-order valence-electron chi connectivity index (χ1n) is 7.61. The third-order valence-corrected chi connectivity index (χ3v) is 4.24. The van der Waals surface area contributed by atoms with E-state index < -0.39 is 30.1 Å². The molecule has 0 spiro atoms. The van der Waals surface area contributed by atoms with E-state index in [1.165, 1.54) is 4.90 Å². The quantitative estimate of drug-likeness (QED) is 0.819. The molecule has 0 aliphatic carbocycles. The molecule has 3 amide bonds. The molecule has 0 aromatic heterocycles. The highest BCUT2D eigenvalue weighted by Crippen LogP contribution is 2.30. The van der Waals surface area contributed by atoms with Crippen LogP contribution in [0, 0.1) is 0 Å². The van der Waals surface area contributed by atoms with Crippen molar-refractivity contribution in [3.63, 3.8) is 0 Å². The van der Waals surface area contributed by atoms with E-state index in [-0.39, 0.29) is 12.1 Å². The zero-order chi connectivity index (χ0) is 18.1. The molecular formula is C14H20F3N3O4. The molecule has 0 unspecified atom stereocenters. The van der Waals surface area contributed by atoms with Gasteiger partial charge < -0.3 is 15.0 Å². The number of hydrogen-bond acceptors (Lipinski definition) is 4. The first-order valence-corrected chi connectivity index (χ1v) is 7.61. The Labute approximate surface area is 137 Å². The standard InChI is InChI=1S/C14H20F3N3O4/c1-13(2)8-24-12(23)20(13)9-3-5-19(6-4-9)10(21)7-18-11(22)14(15,16)17/h9H,3-8H2,1-2H3,(H,18,22). The molecule has 0 aromatic carbocycles. The molecule has 2 fully saturated rings. The highest BCUT2D eigenvalue weighted by Gasteiger charge is 2.45. The van der Waals surface area contributed by atoms with Gasteiger partial charge in [-0.15, -0.1) is 0 Å². The minimum Gasteiger partial charge on any atom is -0.447 e. The molecule has 0 bridgehead atoms. The third kappa shape index (κ3) is 3.90. The van der Waals surface area contributed by atoms with Gasteiger partial charge in [0, 0.05) is 19.1 Å². The normalized spacial score (nSPS) is 21.6. The minimum absolute atomic E-state index is 0.0798. The van der Waals surface area contributed by atoms with Crippen molar-refractivity contribution < 1.29 is 32.3 Å². The lowest BCUT2D eigenvalue weighted by Gasteiger charge is -2.40. The first kappa shape index (κ1) is 18.3. The Bertz CT molecular complexity index is 528. The van der Waals surface area contributed by atoms with Crippen molar-refractivity contribution in [1.82, 2.24) is 15.1 Å². The van der Waals surface area contributed by atoms with Crippen LogP contribution in [0.5, 0.6) is 0 Å². The summed E-state index contributed by atoms with van der Waals surface area (Å²) in [4.78, 5) is 37.5. The molecule has 0 aromatic rings. The molecule has 24 heavy (non-hydrogen) atoms. The summed E-state index contributed by atoms with van der Waals surface area (Å²) in [5, 5.41) is 1.57. The molecule has 0 radical (unpaired) electrons. The van der Waals surface area contributed by atoms with Gasteiger partial charge in [-0.05, 0) is 26.7 Å². The average Bonchev–Trinajstić information content (AvgIpc) is 2.77. The van der Waals surface area contributed by atoms with Gasteiger partial charge in [0.25, 0.3) is 0 Å². The number of halogens is 3. The average molecular weight is 351 g/mol. The fourth-order valence-electron chi connectivity index (χ4n) is 3.01. The van der Waals surface area contributed by atoms with Gasteiger partial charge in [-0.25, -0.2) is 4.79 Å². The topological polar surface area (TPSA) is 79.0 Å². The maximum Gasteiger partial charge on any atom is 0.471 e. The number of nitrogens with zero attached hydrogens (tertiary/aromatic N) is 2. The predicted octanol–water partition coefficient (Wildman–Crippen LogP) is 0.887. The largest absolute Gasteiger partial charge is 0.471 e. The molecule has 0 atom stereocenters. The fraction of sp³-hybridized carbons (Fsp3) is 0.786. The van der Waals surface area contributed by atoms with E-state index in [1.807, 2.05) is 13.8 Å². The summed E-state index contributed by atoms with van der Waals surface area (Å²) in [6.07, 6.45) is -4.37. The van der Waals surface area contributed by atoms with Crippen LogP contribution in [0.3, 0.4) is 0 Å². The summed E-state index contributed by atoms with van der Waals surface area (Å²) in [5.41, 5.74) is -0.422. The van der Waals surface area contributed by atoms with Crippen molar-refractivity contribution >= 4 is 17.9 Å². The molecule has 7 nitrogen and oxygen atoms in total. The van der Waals surface area contributed by atoms with Crippen LogP contribution in [-0.4, -0.2) is 71.7 Å². The minimum atomic E-state index is -5.00. The molecule has 10 heteroatoms. The lowest BCUT2D eigenvalue weighted by Crippen LogP contribution is -2.54. The number of likely N-dealkylation sites (tertiary alicyclic amines) is 1. The summed E-state index contributed by atoms with van der Waals surface area (Å²) < 4.78 is 41.3. The maximum atomic E-state index is 12.1. The van der Waals surface area contributed by atoms with E-state index in [0.717, 1.165) is 0 Å². The summed E-state index contributed by atoms with van der Waals surface area (Å²) >= 11 is 0. The number of alkyl halides is 3. The summed E-state index contributed by atoms with van der Waals surface area (Å²) in [7, 11) is 0. The summed E-state index contributed by atoms with van der Waals surface area (Å²) in [6.45, 7) is 4.01. The van der Waals surface area contributed by atoms with Crippen LogP contribution in [0.1, 0.15) is 26.7 Å². The number of hydrogen-bond donors (Lipinski definition) is 1. The Balaban J connectivity index is 1.83. The van der Waals surface area contributed by atoms with E-state index in [1.54, 1.807) is 10.2 Å². The Morgan fingerprint density at radius 2 is 1.88 bits per heavy atom. The molecule has 2 aliphatic rings. The van der Waals surface area contributed by atoms with E-state index >= 15 is 0 Å². The number of piperidine rings is 1. The number of amides is 3. The highest BCUT2D eigenvalue weighted by molar-refractivity contribution is 5.87. The van der Waals surface area contributed by atoms with E-state index in [0.29, 0.717) is 32.5 Å². The lowest BCUT2D eigenvalue weighted by atomic mass is 9.97. The second-order valence-corrected chi connectivity index (χ2v) is 6.53. The Hall–Kier alpha value is -2.00. The monoisotopic (exact) mass is 351 g/mol. The van der Waals surface area contributed by atoms with E-state index in [2.05, 4.69) is 0 Å². The SMILES string of the molecule is CC1(C)COC(=O)N1C1CCN(C(=O)CNC(=O)C(F)(F)F)CC1. The van der Waals surface area contributed by atoms with Crippen LogP contribution in [0.4, 0.5) is 18.0 Å². The molecular weight excluding hydrogens is 331 g/mol. The van der Waals surface area contributed by atoms with Crippen molar-refractivity contribution in [3.05, 3.63) is 0 Å². The fourth-order valence-corrected chi connectivity index (χ4v) is 3.01. The molecule has 136 valence electrons. The molecule has 1 N–H and O–H groups in total. The van der Waals surface area contributed by atoms with Gasteiger partial charge in [0.15, 0.2) is 0 Å². The molecule has 2 aliphatic heterocycles. The number of cyclic esters (lactones) is 1. The number of nitrogens with one attached hydrogen (secondary N) is 1. The Morgan fingerprint density at radius 1 is 1.29 bits per heavy atom. The zero-order valence-corrected chi connectivity index (χ0v) is 13.5. The highest BCUT2D eigenvalue weighted by atomic mass is 19.4. The van der Waals surface area contributed by atoms with Crippen LogP contribution < -0.4 is 5.32 Å². The smallest absolute Gasteiger partial charge is 0.447 e. The second-order valence-electron chi connectivity index (χ2n) is 6.53. The van der Waals surface area contributed by atoms with Crippen molar-refractivity contribution in [2.75, 3.05) is 26.2 Å². The molecule has 2 rings (SSSR count).